The van der Waals surface area contributed by atoms with Gasteiger partial charge in [0.25, 0.3) is 5.91 Å². The van der Waals surface area contributed by atoms with E-state index in [4.69, 9.17) is 5.11 Å². The lowest BCUT2D eigenvalue weighted by Gasteiger charge is -2.22. The number of aryl methyl sites for hydroxylation is 2. The summed E-state index contributed by atoms with van der Waals surface area (Å²) in [5.41, 5.74) is 0.827. The Morgan fingerprint density at radius 2 is 1.90 bits per heavy atom. The Morgan fingerprint density at radius 1 is 1.30 bits per heavy atom. The van der Waals surface area contributed by atoms with E-state index in [-0.39, 0.29) is 16.2 Å². The molecule has 0 aliphatic rings. The number of carbonyl (C=O) groups excluding carboxylic acids is 1. The zero-order valence-electron chi connectivity index (χ0n) is 10.9. The highest BCUT2D eigenvalue weighted by Crippen LogP contribution is 2.19. The minimum Gasteiger partial charge on any atom is -0.480 e. The molecule has 0 aromatic carbocycles. The van der Waals surface area contributed by atoms with Crippen molar-refractivity contribution in [2.45, 2.75) is 20.0 Å². The van der Waals surface area contributed by atoms with E-state index in [0.717, 1.165) is 0 Å². The average Bonchev–Trinajstić information content (AvgIpc) is 2.24. The van der Waals surface area contributed by atoms with E-state index in [1.807, 2.05) is 0 Å². The summed E-state index contributed by atoms with van der Waals surface area (Å²) in [5.74, 6) is -2.52. The first-order chi connectivity index (χ1) is 9.10. The predicted molar refractivity (Wildman–Crippen MR) is 63.3 cm³/mol. The van der Waals surface area contributed by atoms with E-state index >= 15 is 0 Å². The van der Waals surface area contributed by atoms with Crippen LogP contribution in [0.1, 0.15) is 21.7 Å². The fraction of sp³-hybridized carbons (Fsp3) is 0.417. The first kappa shape index (κ1) is 15.9. The van der Waals surface area contributed by atoms with Crippen molar-refractivity contribution in [2.75, 3.05) is 13.1 Å². The number of aliphatic carboxylic acids is 1. The number of halogens is 3. The highest BCUT2D eigenvalue weighted by atomic mass is 19.4. The van der Waals surface area contributed by atoms with Crippen LogP contribution < -0.4 is 0 Å². The molecule has 0 spiro atoms. The molecule has 1 amide bonds. The number of alkyl halides is 3. The van der Waals surface area contributed by atoms with Crippen molar-refractivity contribution in [2.24, 2.45) is 0 Å². The van der Waals surface area contributed by atoms with Crippen LogP contribution in [0.2, 0.25) is 0 Å². The SMILES string of the molecule is Cc1ccc(C(=O)N(CC(=O)O)CC(F)(F)F)c(C)n1. The lowest BCUT2D eigenvalue weighted by molar-refractivity contribution is -0.149. The van der Waals surface area contributed by atoms with Crippen molar-refractivity contribution < 1.29 is 27.9 Å². The molecule has 1 rings (SSSR count). The van der Waals surface area contributed by atoms with Crippen LogP contribution in [-0.4, -0.2) is 46.1 Å². The van der Waals surface area contributed by atoms with Crippen molar-refractivity contribution >= 4 is 11.9 Å². The summed E-state index contributed by atoms with van der Waals surface area (Å²) >= 11 is 0. The molecular formula is C12H13F3N2O3. The van der Waals surface area contributed by atoms with Crippen LogP contribution in [0.15, 0.2) is 12.1 Å². The van der Waals surface area contributed by atoms with Gasteiger partial charge < -0.3 is 10.0 Å². The minimum absolute atomic E-state index is 0.0406. The van der Waals surface area contributed by atoms with Gasteiger partial charge in [0.15, 0.2) is 0 Å². The molecule has 1 heterocycles. The number of amides is 1. The van der Waals surface area contributed by atoms with Crippen LogP contribution in [-0.2, 0) is 4.79 Å². The van der Waals surface area contributed by atoms with E-state index in [1.165, 1.54) is 19.1 Å². The second-order valence-electron chi connectivity index (χ2n) is 4.26. The normalized spacial score (nSPS) is 11.2. The van der Waals surface area contributed by atoms with Gasteiger partial charge in [-0.25, -0.2) is 0 Å². The first-order valence-electron chi connectivity index (χ1n) is 5.62. The van der Waals surface area contributed by atoms with Gasteiger partial charge in [-0.15, -0.1) is 0 Å². The Bertz CT molecular complexity index is 529. The highest BCUT2D eigenvalue weighted by Gasteiger charge is 2.34. The Hall–Kier alpha value is -2.12. The molecule has 0 atom stereocenters. The summed E-state index contributed by atoms with van der Waals surface area (Å²) in [7, 11) is 0. The topological polar surface area (TPSA) is 70.5 Å². The molecule has 1 aromatic heterocycles. The fourth-order valence-corrected chi connectivity index (χ4v) is 1.66. The molecular weight excluding hydrogens is 277 g/mol. The monoisotopic (exact) mass is 290 g/mol. The van der Waals surface area contributed by atoms with Gasteiger partial charge in [-0.2, -0.15) is 13.2 Å². The number of pyridine rings is 1. The van der Waals surface area contributed by atoms with E-state index in [0.29, 0.717) is 5.69 Å². The molecule has 0 fully saturated rings. The van der Waals surface area contributed by atoms with Crippen molar-refractivity contribution in [3.8, 4) is 0 Å². The van der Waals surface area contributed by atoms with E-state index in [1.54, 1.807) is 6.92 Å². The third kappa shape index (κ3) is 4.52. The van der Waals surface area contributed by atoms with Gasteiger partial charge in [-0.05, 0) is 26.0 Å². The van der Waals surface area contributed by atoms with Crippen LogP contribution in [0.5, 0.6) is 0 Å². The molecule has 0 saturated carbocycles. The van der Waals surface area contributed by atoms with Crippen LogP contribution in [0, 0.1) is 13.8 Å². The molecule has 8 heteroatoms. The summed E-state index contributed by atoms with van der Waals surface area (Å²) in [6, 6.07) is 2.82. The second kappa shape index (κ2) is 5.89. The van der Waals surface area contributed by atoms with Gasteiger partial charge in [-0.3, -0.25) is 14.6 Å². The number of nitrogens with zero attached hydrogens (tertiary/aromatic N) is 2. The number of rotatable bonds is 4. The van der Waals surface area contributed by atoms with E-state index in [2.05, 4.69) is 4.98 Å². The van der Waals surface area contributed by atoms with Crippen molar-refractivity contribution in [1.82, 2.24) is 9.88 Å². The maximum atomic E-state index is 12.4. The average molecular weight is 290 g/mol. The predicted octanol–water partition coefficient (Wildman–Crippen LogP) is 1.79. The molecule has 0 aliphatic heterocycles. The Morgan fingerprint density at radius 3 is 2.35 bits per heavy atom. The number of hydrogen-bond acceptors (Lipinski definition) is 3. The van der Waals surface area contributed by atoms with Crippen molar-refractivity contribution in [3.05, 3.63) is 29.1 Å². The summed E-state index contributed by atoms with van der Waals surface area (Å²) in [6.45, 7) is 0.510. The molecule has 0 bridgehead atoms. The summed E-state index contributed by atoms with van der Waals surface area (Å²) in [4.78, 5) is 26.8. The molecule has 0 unspecified atom stereocenters. The Labute approximate surface area is 113 Å². The molecule has 110 valence electrons. The molecule has 20 heavy (non-hydrogen) atoms. The maximum absolute atomic E-state index is 12.4. The third-order valence-electron chi connectivity index (χ3n) is 2.44. The lowest BCUT2D eigenvalue weighted by atomic mass is 10.1. The minimum atomic E-state index is -4.67. The number of carboxylic acid groups (broad SMARTS) is 1. The van der Waals surface area contributed by atoms with Crippen LogP contribution in [0.4, 0.5) is 13.2 Å². The van der Waals surface area contributed by atoms with Crippen LogP contribution >= 0.6 is 0 Å². The van der Waals surface area contributed by atoms with Gasteiger partial charge in [0.2, 0.25) is 0 Å². The summed E-state index contributed by atoms with van der Waals surface area (Å²) in [5, 5.41) is 8.61. The lowest BCUT2D eigenvalue weighted by Crippen LogP contribution is -2.42. The first-order valence-corrected chi connectivity index (χ1v) is 5.62. The van der Waals surface area contributed by atoms with E-state index < -0.39 is 31.1 Å². The van der Waals surface area contributed by atoms with Crippen LogP contribution in [0.25, 0.3) is 0 Å². The summed E-state index contributed by atoms with van der Waals surface area (Å²) < 4.78 is 37.2. The maximum Gasteiger partial charge on any atom is 0.406 e. The number of aromatic nitrogens is 1. The van der Waals surface area contributed by atoms with E-state index in [9.17, 15) is 22.8 Å². The number of carboxylic acids is 1. The quantitative estimate of drug-likeness (QED) is 0.917. The zero-order valence-corrected chi connectivity index (χ0v) is 10.9. The second-order valence-corrected chi connectivity index (χ2v) is 4.26. The molecule has 1 N–H and O–H groups in total. The van der Waals surface area contributed by atoms with Crippen LogP contribution in [0.3, 0.4) is 0 Å². The largest absolute Gasteiger partial charge is 0.480 e. The zero-order chi connectivity index (χ0) is 15.5. The summed E-state index contributed by atoms with van der Waals surface area (Å²) in [6.07, 6.45) is -4.67. The number of hydrogen-bond donors (Lipinski definition) is 1. The third-order valence-corrected chi connectivity index (χ3v) is 2.44. The highest BCUT2D eigenvalue weighted by molar-refractivity contribution is 5.96. The Balaban J connectivity index is 3.06. The van der Waals surface area contributed by atoms with Gasteiger partial charge in [0, 0.05) is 5.69 Å². The van der Waals surface area contributed by atoms with Gasteiger partial charge in [-0.1, -0.05) is 0 Å². The molecule has 0 saturated heterocycles. The molecule has 0 radical (unpaired) electrons. The van der Waals surface area contributed by atoms with Gasteiger partial charge >= 0.3 is 12.1 Å². The standard InChI is InChI=1S/C12H13F3N2O3/c1-7-3-4-9(8(2)16-7)11(20)17(5-10(18)19)6-12(13,14)15/h3-4H,5-6H2,1-2H3,(H,18,19). The van der Waals surface area contributed by atoms with Gasteiger partial charge in [0.1, 0.15) is 13.1 Å². The molecule has 1 aromatic rings. The van der Waals surface area contributed by atoms with Crippen molar-refractivity contribution in [1.29, 1.82) is 0 Å². The number of carbonyl (C=O) groups is 2. The molecule has 5 nitrogen and oxygen atoms in total. The van der Waals surface area contributed by atoms with Gasteiger partial charge in [0.05, 0.1) is 11.3 Å². The Kier molecular flexibility index (Phi) is 4.69. The van der Waals surface area contributed by atoms with Crippen molar-refractivity contribution in [3.63, 3.8) is 0 Å². The fourth-order valence-electron chi connectivity index (χ4n) is 1.66. The smallest absolute Gasteiger partial charge is 0.406 e. The molecule has 0 aliphatic carbocycles.